The standard InChI is InChI=1S/C25H25BF2N4O9/c1-3-31-10-11(2)32(23(36)22(31)35)25(39)30-19(13-7-8-15(33)18(28)17(13)27)21(34)29-16-9-12-5-4-6-14(24(37)38)20(12)41-26(16)40/h4-8,11,16,19,33,40H,3,9-10H2,1-2H3,(H,29,34)(H,30,39)(H,37,38)/t11-,16-,19?/m0/s1. The first-order chi connectivity index (χ1) is 19.3. The van der Waals surface area contributed by atoms with E-state index in [0.29, 0.717) is 10.5 Å². The molecule has 2 heterocycles. The highest BCUT2D eigenvalue weighted by atomic mass is 19.2. The predicted molar refractivity (Wildman–Crippen MR) is 135 cm³/mol. The van der Waals surface area contributed by atoms with E-state index >= 15 is 0 Å². The molecule has 4 rings (SSSR count). The van der Waals surface area contributed by atoms with Crippen LogP contribution in [0.4, 0.5) is 13.6 Å². The van der Waals surface area contributed by atoms with Gasteiger partial charge in [0.15, 0.2) is 11.6 Å². The smallest absolute Gasteiger partial charge is 0.534 e. The van der Waals surface area contributed by atoms with Crippen molar-refractivity contribution in [1.29, 1.82) is 0 Å². The first-order valence-electron chi connectivity index (χ1n) is 12.5. The Balaban J connectivity index is 1.63. The number of amides is 5. The second-order valence-electron chi connectivity index (χ2n) is 9.48. The fraction of sp³-hybridized carbons (Fsp3) is 0.320. The Morgan fingerprint density at radius 3 is 2.51 bits per heavy atom. The lowest BCUT2D eigenvalue weighted by Gasteiger charge is -2.37. The number of likely N-dealkylation sites (N-methyl/N-ethyl adjacent to an activating group) is 1. The van der Waals surface area contributed by atoms with Crippen LogP contribution in [-0.4, -0.2) is 86.9 Å². The maximum Gasteiger partial charge on any atom is 0.547 e. The van der Waals surface area contributed by atoms with E-state index in [2.05, 4.69) is 10.6 Å². The van der Waals surface area contributed by atoms with Crippen molar-refractivity contribution in [2.45, 2.75) is 38.3 Å². The maximum absolute atomic E-state index is 14.9. The summed E-state index contributed by atoms with van der Waals surface area (Å²) in [4.78, 5) is 64.9. The van der Waals surface area contributed by atoms with Crippen LogP contribution in [0, 0.1) is 11.6 Å². The van der Waals surface area contributed by atoms with Gasteiger partial charge in [-0.05, 0) is 44.0 Å². The van der Waals surface area contributed by atoms with Gasteiger partial charge in [0.05, 0.1) is 17.5 Å². The number of carboxylic acid groups (broad SMARTS) is 1. The zero-order chi connectivity index (χ0) is 30.2. The van der Waals surface area contributed by atoms with Gasteiger partial charge in [-0.15, -0.1) is 0 Å². The number of urea groups is 1. The lowest BCUT2D eigenvalue weighted by molar-refractivity contribution is -0.155. The normalized spacial score (nSPS) is 19.3. The number of halogens is 2. The van der Waals surface area contributed by atoms with Crippen LogP contribution in [0.2, 0.25) is 0 Å². The van der Waals surface area contributed by atoms with Crippen LogP contribution in [0.5, 0.6) is 11.5 Å². The third-order valence-electron chi connectivity index (χ3n) is 6.82. The van der Waals surface area contributed by atoms with E-state index in [1.54, 1.807) is 6.92 Å². The molecule has 5 N–H and O–H groups in total. The molecule has 2 aromatic rings. The summed E-state index contributed by atoms with van der Waals surface area (Å²) in [6, 6.07) is 1.67. The van der Waals surface area contributed by atoms with Crippen LogP contribution >= 0.6 is 0 Å². The van der Waals surface area contributed by atoms with E-state index in [4.69, 9.17) is 4.65 Å². The number of carboxylic acids is 1. The van der Waals surface area contributed by atoms with Crippen LogP contribution in [-0.2, 0) is 20.8 Å². The van der Waals surface area contributed by atoms with Crippen molar-refractivity contribution in [3.05, 3.63) is 58.7 Å². The zero-order valence-corrected chi connectivity index (χ0v) is 21.8. The zero-order valence-electron chi connectivity index (χ0n) is 21.8. The van der Waals surface area contributed by atoms with Crippen LogP contribution in [0.3, 0.4) is 0 Å². The van der Waals surface area contributed by atoms with E-state index in [-0.39, 0.29) is 30.8 Å². The monoisotopic (exact) mass is 574 g/mol. The molecule has 0 saturated carbocycles. The summed E-state index contributed by atoms with van der Waals surface area (Å²) >= 11 is 0. The number of nitrogens with one attached hydrogen (secondary N) is 2. The molecule has 0 radical (unpaired) electrons. The van der Waals surface area contributed by atoms with E-state index in [1.807, 2.05) is 0 Å². The van der Waals surface area contributed by atoms with Gasteiger partial charge < -0.3 is 35.4 Å². The SMILES string of the molecule is CCN1C[C@H](C)N(C(=O)NC(C(=O)N[C@H]2Cc3cccc(C(=O)O)c3OB2O)c2ccc(O)c(F)c2F)C(=O)C1=O. The molecule has 2 aliphatic heterocycles. The van der Waals surface area contributed by atoms with Gasteiger partial charge in [-0.2, -0.15) is 4.39 Å². The topological polar surface area (TPSA) is 186 Å². The Kier molecular flexibility index (Phi) is 8.14. The summed E-state index contributed by atoms with van der Waals surface area (Å²) < 4.78 is 34.5. The quantitative estimate of drug-likeness (QED) is 0.240. The number of rotatable bonds is 6. The highest BCUT2D eigenvalue weighted by Gasteiger charge is 2.43. The predicted octanol–water partition coefficient (Wildman–Crippen LogP) is 0.338. The van der Waals surface area contributed by atoms with Crippen molar-refractivity contribution in [3.8, 4) is 11.5 Å². The number of aromatic carboxylic acids is 1. The van der Waals surface area contributed by atoms with Gasteiger partial charge >= 0.3 is 30.9 Å². The molecule has 0 spiro atoms. The first kappa shape index (κ1) is 29.3. The van der Waals surface area contributed by atoms with Crippen molar-refractivity contribution >= 4 is 36.8 Å². The first-order valence-corrected chi connectivity index (χ1v) is 12.5. The molecule has 1 saturated heterocycles. The molecular formula is C25H25BF2N4O9. The van der Waals surface area contributed by atoms with Crippen LogP contribution in [0.15, 0.2) is 30.3 Å². The number of aromatic hydroxyl groups is 1. The van der Waals surface area contributed by atoms with Crippen molar-refractivity contribution in [2.75, 3.05) is 13.1 Å². The number of piperazine rings is 1. The van der Waals surface area contributed by atoms with Gasteiger partial charge in [0.1, 0.15) is 11.8 Å². The number of fused-ring (bicyclic) bond motifs is 1. The van der Waals surface area contributed by atoms with E-state index in [9.17, 15) is 48.0 Å². The summed E-state index contributed by atoms with van der Waals surface area (Å²) in [7, 11) is -1.77. The molecule has 0 aromatic heterocycles. The van der Waals surface area contributed by atoms with E-state index in [1.165, 1.54) is 30.0 Å². The van der Waals surface area contributed by atoms with Crippen molar-refractivity contribution in [2.24, 2.45) is 0 Å². The van der Waals surface area contributed by atoms with Crippen LogP contribution in [0.25, 0.3) is 0 Å². The van der Waals surface area contributed by atoms with Gasteiger partial charge in [0.25, 0.3) is 0 Å². The summed E-state index contributed by atoms with van der Waals surface area (Å²) in [6.07, 6.45) is -0.139. The second kappa shape index (κ2) is 11.4. The molecule has 13 nitrogen and oxygen atoms in total. The lowest BCUT2D eigenvalue weighted by atomic mass is 9.72. The number of para-hydroxylation sites is 1. The largest absolute Gasteiger partial charge is 0.547 e. The fourth-order valence-electron chi connectivity index (χ4n) is 4.72. The highest BCUT2D eigenvalue weighted by Crippen LogP contribution is 2.31. The minimum atomic E-state index is -2.02. The van der Waals surface area contributed by atoms with E-state index < -0.39 is 77.8 Å². The minimum absolute atomic E-state index is 0.00308. The molecule has 41 heavy (non-hydrogen) atoms. The Bertz CT molecular complexity index is 1440. The Morgan fingerprint density at radius 1 is 1.15 bits per heavy atom. The average molecular weight is 574 g/mol. The average Bonchev–Trinajstić information content (AvgIpc) is 2.92. The molecular weight excluding hydrogens is 549 g/mol. The third kappa shape index (κ3) is 5.50. The van der Waals surface area contributed by atoms with Gasteiger partial charge in [0.2, 0.25) is 11.7 Å². The van der Waals surface area contributed by atoms with Gasteiger partial charge in [0, 0.05) is 18.7 Å². The number of carbonyl (C=O) groups is 5. The van der Waals surface area contributed by atoms with Crippen LogP contribution in [0.1, 0.15) is 41.4 Å². The molecule has 216 valence electrons. The number of hydrogen-bond acceptors (Lipinski definition) is 8. The number of phenolic OH excluding ortho intramolecular Hbond substituents is 1. The number of hydrogen-bond donors (Lipinski definition) is 5. The lowest BCUT2D eigenvalue weighted by Crippen LogP contribution is -2.63. The number of nitrogens with zero attached hydrogens (tertiary/aromatic N) is 2. The van der Waals surface area contributed by atoms with Gasteiger partial charge in [-0.25, -0.2) is 14.0 Å². The molecule has 2 aliphatic rings. The fourth-order valence-corrected chi connectivity index (χ4v) is 4.72. The molecule has 5 amide bonds. The van der Waals surface area contributed by atoms with Crippen LogP contribution < -0.4 is 15.3 Å². The Morgan fingerprint density at radius 2 is 1.85 bits per heavy atom. The Labute approximate surface area is 231 Å². The molecule has 16 heteroatoms. The number of benzene rings is 2. The summed E-state index contributed by atoms with van der Waals surface area (Å²) in [5.74, 6) is -10.4. The molecule has 2 aromatic carbocycles. The summed E-state index contributed by atoms with van der Waals surface area (Å²) in [5.41, 5.74) is -0.645. The van der Waals surface area contributed by atoms with Gasteiger partial charge in [-0.3, -0.25) is 19.3 Å². The second-order valence-corrected chi connectivity index (χ2v) is 9.48. The number of carbonyl (C=O) groups excluding carboxylic acids is 4. The molecule has 0 bridgehead atoms. The maximum atomic E-state index is 14.9. The highest BCUT2D eigenvalue weighted by molar-refractivity contribution is 6.47. The molecule has 3 atom stereocenters. The summed E-state index contributed by atoms with van der Waals surface area (Å²) in [5, 5.41) is 33.9. The number of phenols is 1. The van der Waals surface area contributed by atoms with Crippen molar-refractivity contribution in [3.63, 3.8) is 0 Å². The minimum Gasteiger partial charge on any atom is -0.534 e. The molecule has 1 unspecified atom stereocenters. The van der Waals surface area contributed by atoms with Crippen molar-refractivity contribution in [1.82, 2.24) is 20.4 Å². The van der Waals surface area contributed by atoms with Gasteiger partial charge in [-0.1, -0.05) is 12.1 Å². The molecule has 1 fully saturated rings. The Hall–Kier alpha value is -4.73. The third-order valence-corrected chi connectivity index (χ3v) is 6.82. The summed E-state index contributed by atoms with van der Waals surface area (Å²) in [6.45, 7) is 3.31. The number of imide groups is 1. The van der Waals surface area contributed by atoms with Crippen molar-refractivity contribution < 1.29 is 52.6 Å². The molecule has 0 aliphatic carbocycles. The van der Waals surface area contributed by atoms with E-state index in [0.717, 1.165) is 12.1 Å².